The number of esters is 2. The van der Waals surface area contributed by atoms with Crippen LogP contribution in [0.5, 0.6) is 0 Å². The molecular formula is C86H155NO8P+. The third-order valence-corrected chi connectivity index (χ3v) is 18.8. The van der Waals surface area contributed by atoms with E-state index in [2.05, 4.69) is 123 Å². The summed E-state index contributed by atoms with van der Waals surface area (Å²) in [5, 5.41) is 0. The standard InChI is InChI=1S/C86H154NO8P/c1-6-8-10-12-14-16-18-20-22-24-26-28-30-32-34-36-38-39-40-41-42-43-44-45-46-47-49-51-53-55-57-59-61-63-65-67-69-71-73-75-77-79-86(89)95-84(83-94-96(90,91)93-81-80-87(3,4)5)82-92-85(88)78-76-74-72-70-68-66-64-62-60-58-56-54-52-50-48-37-35-33-31-29-27-25-23-21-19-17-15-13-11-9-7-2/h8,10,14,16,20,22,25-28,32,34,38-39,41-42,44-45,84H,6-7,9,11-13,15,17-19,21,23-24,29-31,33,35-37,40,43,46-83H2,1-5H3/p+1/b10-8-,16-14-,22-20-,27-25-,28-26-,34-32-,39-38-,42-41-,45-44-. The number of phosphoric acid groups is 1. The predicted molar refractivity (Wildman–Crippen MR) is 418 cm³/mol. The molecule has 10 heteroatoms. The first kappa shape index (κ1) is 92.7. The number of hydrogen-bond acceptors (Lipinski definition) is 7. The average Bonchev–Trinajstić information content (AvgIpc) is 2.54. The summed E-state index contributed by atoms with van der Waals surface area (Å²) in [6.07, 6.45) is 108. The number of hydrogen-bond donors (Lipinski definition) is 1. The minimum atomic E-state index is -4.40. The Morgan fingerprint density at radius 3 is 0.896 bits per heavy atom. The van der Waals surface area contributed by atoms with Crippen molar-refractivity contribution in [3.8, 4) is 0 Å². The predicted octanol–water partition coefficient (Wildman–Crippen LogP) is 27.2. The quantitative estimate of drug-likeness (QED) is 0.0211. The van der Waals surface area contributed by atoms with Crippen molar-refractivity contribution < 1.29 is 42.1 Å². The number of allylic oxidation sites excluding steroid dienone is 18. The van der Waals surface area contributed by atoms with Crippen LogP contribution in [0.1, 0.15) is 373 Å². The number of quaternary nitrogens is 1. The highest BCUT2D eigenvalue weighted by Gasteiger charge is 2.27. The highest BCUT2D eigenvalue weighted by atomic mass is 31.2. The topological polar surface area (TPSA) is 108 Å². The summed E-state index contributed by atoms with van der Waals surface area (Å²) < 4.78 is 34.8. The average molecular weight is 1360 g/mol. The van der Waals surface area contributed by atoms with E-state index in [0.717, 1.165) is 83.5 Å². The van der Waals surface area contributed by atoms with Crippen molar-refractivity contribution in [1.29, 1.82) is 0 Å². The van der Waals surface area contributed by atoms with Crippen LogP contribution in [-0.4, -0.2) is 74.9 Å². The van der Waals surface area contributed by atoms with Gasteiger partial charge in [-0.1, -0.05) is 367 Å². The fraction of sp³-hybridized carbons (Fsp3) is 0.767. The minimum absolute atomic E-state index is 0.0308. The molecule has 2 unspecified atom stereocenters. The van der Waals surface area contributed by atoms with Crippen LogP contribution < -0.4 is 0 Å². The molecule has 0 aromatic rings. The fourth-order valence-corrected chi connectivity index (χ4v) is 12.4. The third-order valence-electron chi connectivity index (χ3n) is 17.8. The van der Waals surface area contributed by atoms with E-state index in [1.54, 1.807) is 0 Å². The molecule has 0 saturated carbocycles. The number of phosphoric ester groups is 1. The zero-order chi connectivity index (χ0) is 69.7. The molecule has 0 heterocycles. The number of carbonyl (C=O) groups is 2. The minimum Gasteiger partial charge on any atom is -0.462 e. The van der Waals surface area contributed by atoms with Crippen molar-refractivity contribution in [2.45, 2.75) is 380 Å². The molecule has 1 N–H and O–H groups in total. The Kier molecular flexibility index (Phi) is 73.2. The Morgan fingerprint density at radius 2 is 0.594 bits per heavy atom. The molecule has 0 rings (SSSR count). The van der Waals surface area contributed by atoms with Crippen molar-refractivity contribution in [1.82, 2.24) is 0 Å². The van der Waals surface area contributed by atoms with Gasteiger partial charge in [0.2, 0.25) is 0 Å². The van der Waals surface area contributed by atoms with Crippen molar-refractivity contribution >= 4 is 19.8 Å². The lowest BCUT2D eigenvalue weighted by Crippen LogP contribution is -2.37. The van der Waals surface area contributed by atoms with Crippen LogP contribution in [0.25, 0.3) is 0 Å². The Balaban J connectivity index is 3.96. The molecule has 0 amide bonds. The van der Waals surface area contributed by atoms with Gasteiger partial charge in [-0.25, -0.2) is 4.57 Å². The maximum Gasteiger partial charge on any atom is 0.472 e. The SMILES string of the molecule is CC/C=C\C/C=C\C/C=C\C/C=C\C/C=C\C/C=C\C/C=C\C/C=C\CCCCCCCCCCCCCCCCCCC(=O)OC(COC(=O)CCCCCCCCCCCCCCCCCCCCC/C=C\CCCCCCCCCC)COP(=O)(O)OCC[N+](C)(C)C. The van der Waals surface area contributed by atoms with Crippen LogP contribution in [0.4, 0.5) is 0 Å². The largest absolute Gasteiger partial charge is 0.472 e. The van der Waals surface area contributed by atoms with Gasteiger partial charge in [-0.2, -0.15) is 0 Å². The molecule has 0 aromatic carbocycles. The summed E-state index contributed by atoms with van der Waals surface area (Å²) in [4.78, 5) is 36.0. The van der Waals surface area contributed by atoms with Gasteiger partial charge < -0.3 is 18.9 Å². The summed E-state index contributed by atoms with van der Waals surface area (Å²) >= 11 is 0. The van der Waals surface area contributed by atoms with Gasteiger partial charge in [0, 0.05) is 12.8 Å². The molecule has 0 bridgehead atoms. The van der Waals surface area contributed by atoms with Gasteiger partial charge in [-0.15, -0.1) is 0 Å². The highest BCUT2D eigenvalue weighted by Crippen LogP contribution is 2.43. The zero-order valence-corrected chi connectivity index (χ0v) is 64.5. The first-order valence-electron chi connectivity index (χ1n) is 40.6. The molecule has 0 aromatic heterocycles. The van der Waals surface area contributed by atoms with E-state index in [1.807, 2.05) is 21.1 Å². The first-order valence-corrected chi connectivity index (χ1v) is 42.1. The number of ether oxygens (including phenoxy) is 2. The molecule has 2 atom stereocenters. The van der Waals surface area contributed by atoms with Gasteiger partial charge in [-0.05, 0) is 103 Å². The number of carbonyl (C=O) groups excluding carboxylic acids is 2. The second-order valence-electron chi connectivity index (χ2n) is 28.4. The van der Waals surface area contributed by atoms with Crippen molar-refractivity contribution in [3.05, 3.63) is 109 Å². The lowest BCUT2D eigenvalue weighted by Gasteiger charge is -2.24. The first-order chi connectivity index (χ1) is 47.0. The molecule has 0 fully saturated rings. The second-order valence-corrected chi connectivity index (χ2v) is 29.9. The van der Waals surface area contributed by atoms with Crippen molar-refractivity contribution in [2.75, 3.05) is 47.5 Å². The number of nitrogens with zero attached hydrogens (tertiary/aromatic N) is 1. The Labute approximate surface area is 595 Å². The normalized spacial score (nSPS) is 13.6. The highest BCUT2D eigenvalue weighted by molar-refractivity contribution is 7.47. The summed E-state index contributed by atoms with van der Waals surface area (Å²) in [5.41, 5.74) is 0. The smallest absolute Gasteiger partial charge is 0.462 e. The number of rotatable bonds is 75. The van der Waals surface area contributed by atoms with E-state index >= 15 is 0 Å². The van der Waals surface area contributed by atoms with Crippen LogP contribution in [-0.2, 0) is 32.7 Å². The molecule has 0 spiro atoms. The van der Waals surface area contributed by atoms with E-state index < -0.39 is 26.5 Å². The van der Waals surface area contributed by atoms with Crippen LogP contribution in [0.15, 0.2) is 109 Å². The number of likely N-dealkylation sites (N-methyl/N-ethyl adjacent to an activating group) is 1. The maximum atomic E-state index is 12.9. The van der Waals surface area contributed by atoms with Gasteiger partial charge in [-0.3, -0.25) is 18.6 Å². The van der Waals surface area contributed by atoms with E-state index in [4.69, 9.17) is 18.5 Å². The summed E-state index contributed by atoms with van der Waals surface area (Å²) in [6.45, 7) is 4.37. The Bertz CT molecular complexity index is 1990. The van der Waals surface area contributed by atoms with Gasteiger partial charge in [0.15, 0.2) is 6.10 Å². The Hall–Kier alpha value is -3.33. The van der Waals surface area contributed by atoms with Crippen molar-refractivity contribution in [2.24, 2.45) is 0 Å². The Morgan fingerprint density at radius 1 is 0.333 bits per heavy atom. The molecule has 0 aliphatic carbocycles. The lowest BCUT2D eigenvalue weighted by molar-refractivity contribution is -0.870. The number of unbranched alkanes of at least 4 members (excludes halogenated alkanes) is 43. The monoisotopic (exact) mass is 1360 g/mol. The van der Waals surface area contributed by atoms with Crippen LogP contribution in [0.3, 0.4) is 0 Å². The van der Waals surface area contributed by atoms with E-state index in [1.165, 1.54) is 257 Å². The van der Waals surface area contributed by atoms with Crippen LogP contribution in [0, 0.1) is 0 Å². The molecule has 0 aliphatic rings. The van der Waals surface area contributed by atoms with E-state index in [0.29, 0.717) is 23.9 Å². The molecule has 96 heavy (non-hydrogen) atoms. The second kappa shape index (κ2) is 75.9. The van der Waals surface area contributed by atoms with Gasteiger partial charge in [0.25, 0.3) is 0 Å². The summed E-state index contributed by atoms with van der Waals surface area (Å²) in [7, 11) is 1.49. The van der Waals surface area contributed by atoms with E-state index in [9.17, 15) is 19.0 Å². The zero-order valence-electron chi connectivity index (χ0n) is 63.6. The van der Waals surface area contributed by atoms with Crippen molar-refractivity contribution in [3.63, 3.8) is 0 Å². The third kappa shape index (κ3) is 79.7. The summed E-state index contributed by atoms with van der Waals surface area (Å²) in [6, 6.07) is 0. The molecule has 0 aliphatic heterocycles. The molecule has 556 valence electrons. The van der Waals surface area contributed by atoms with Gasteiger partial charge in [0.1, 0.15) is 19.8 Å². The van der Waals surface area contributed by atoms with Crippen LogP contribution in [0.2, 0.25) is 0 Å². The lowest BCUT2D eigenvalue weighted by atomic mass is 10.0. The van der Waals surface area contributed by atoms with E-state index in [-0.39, 0.29) is 25.6 Å². The van der Waals surface area contributed by atoms with Gasteiger partial charge >= 0.3 is 19.8 Å². The fourth-order valence-electron chi connectivity index (χ4n) is 11.6. The maximum absolute atomic E-state index is 12.9. The van der Waals surface area contributed by atoms with Crippen LogP contribution >= 0.6 is 7.82 Å². The molecule has 9 nitrogen and oxygen atoms in total. The molecular weight excluding hydrogens is 1210 g/mol. The van der Waals surface area contributed by atoms with Gasteiger partial charge in [0.05, 0.1) is 27.7 Å². The summed E-state index contributed by atoms with van der Waals surface area (Å²) in [5.74, 6) is -0.782. The molecule has 0 radical (unpaired) electrons. The molecule has 0 saturated heterocycles.